The molecular formula is C10H23ClN2O2. The normalized spacial score (nSPS) is 13.9. The summed E-state index contributed by atoms with van der Waals surface area (Å²) >= 11 is 0. The van der Waals surface area contributed by atoms with Gasteiger partial charge in [0.05, 0.1) is 6.10 Å². The topological polar surface area (TPSA) is 78.3 Å². The number of ether oxygens (including phenoxy) is 1. The number of halogens is 1. The summed E-state index contributed by atoms with van der Waals surface area (Å²) in [5.41, 5.74) is 11.0. The molecule has 0 radical (unpaired) electrons. The minimum atomic E-state index is -0.490. The number of unbranched alkanes of at least 4 members (excludes halogenated alkanes) is 1. The predicted octanol–water partition coefficient (Wildman–Crippen LogP) is 1.21. The maximum Gasteiger partial charge on any atom is 0.323 e. The van der Waals surface area contributed by atoms with Crippen LogP contribution < -0.4 is 11.5 Å². The Labute approximate surface area is 98.1 Å². The van der Waals surface area contributed by atoms with Crippen molar-refractivity contribution in [3.8, 4) is 0 Å². The van der Waals surface area contributed by atoms with Crippen molar-refractivity contribution in [3.05, 3.63) is 0 Å². The van der Waals surface area contributed by atoms with Crippen LogP contribution in [0.25, 0.3) is 0 Å². The van der Waals surface area contributed by atoms with Gasteiger partial charge in [-0.1, -0.05) is 13.3 Å². The zero-order valence-corrected chi connectivity index (χ0v) is 10.4. The van der Waals surface area contributed by atoms with Gasteiger partial charge in [-0.05, 0) is 32.7 Å². The lowest BCUT2D eigenvalue weighted by molar-refractivity contribution is -0.150. The van der Waals surface area contributed by atoms with Crippen molar-refractivity contribution >= 4 is 18.4 Å². The molecule has 15 heavy (non-hydrogen) atoms. The van der Waals surface area contributed by atoms with Crippen LogP contribution in [0.2, 0.25) is 0 Å². The van der Waals surface area contributed by atoms with Gasteiger partial charge in [0.2, 0.25) is 0 Å². The van der Waals surface area contributed by atoms with Crippen LogP contribution in [0, 0.1) is 0 Å². The number of esters is 1. The molecule has 0 saturated heterocycles. The second-order valence-corrected chi connectivity index (χ2v) is 3.55. The molecule has 5 heteroatoms. The zero-order valence-electron chi connectivity index (χ0n) is 9.57. The van der Waals surface area contributed by atoms with E-state index in [1.165, 1.54) is 0 Å². The molecule has 0 saturated carbocycles. The van der Waals surface area contributed by atoms with E-state index >= 15 is 0 Å². The van der Waals surface area contributed by atoms with E-state index in [9.17, 15) is 4.79 Å². The fourth-order valence-corrected chi connectivity index (χ4v) is 0.995. The fourth-order valence-electron chi connectivity index (χ4n) is 0.995. The summed E-state index contributed by atoms with van der Waals surface area (Å²) in [6.07, 6.45) is 3.23. The third-order valence-corrected chi connectivity index (χ3v) is 2.16. The van der Waals surface area contributed by atoms with E-state index in [2.05, 4.69) is 0 Å². The molecule has 4 nitrogen and oxygen atoms in total. The lowest BCUT2D eigenvalue weighted by atomic mass is 10.1. The second-order valence-electron chi connectivity index (χ2n) is 3.55. The summed E-state index contributed by atoms with van der Waals surface area (Å²) in [4.78, 5) is 11.3. The molecule has 0 aromatic heterocycles. The van der Waals surface area contributed by atoms with E-state index in [1.54, 1.807) is 0 Å². The summed E-state index contributed by atoms with van der Waals surface area (Å²) in [7, 11) is 0. The Hall–Kier alpha value is -0.320. The number of carbonyl (C=O) groups excluding carboxylic acids is 1. The quantitative estimate of drug-likeness (QED) is 0.516. The van der Waals surface area contributed by atoms with E-state index in [1.807, 2.05) is 13.8 Å². The number of rotatable bonds is 7. The average molecular weight is 239 g/mol. The van der Waals surface area contributed by atoms with E-state index in [4.69, 9.17) is 16.2 Å². The van der Waals surface area contributed by atoms with Gasteiger partial charge in [-0.15, -0.1) is 12.4 Å². The van der Waals surface area contributed by atoms with Crippen molar-refractivity contribution in [1.29, 1.82) is 0 Å². The van der Waals surface area contributed by atoms with Gasteiger partial charge in [0.15, 0.2) is 0 Å². The average Bonchev–Trinajstić information content (AvgIpc) is 2.17. The van der Waals surface area contributed by atoms with Crippen molar-refractivity contribution in [2.24, 2.45) is 11.5 Å². The molecule has 0 aromatic rings. The zero-order chi connectivity index (χ0) is 11.0. The van der Waals surface area contributed by atoms with Crippen LogP contribution in [0.5, 0.6) is 0 Å². The molecule has 0 rings (SSSR count). The summed E-state index contributed by atoms with van der Waals surface area (Å²) < 4.78 is 5.10. The molecule has 0 spiro atoms. The SMILES string of the molecule is CCC(C)OC(=O)[C@@H](N)CCCCN.Cl. The van der Waals surface area contributed by atoms with Crippen molar-refractivity contribution in [3.63, 3.8) is 0 Å². The Morgan fingerprint density at radius 2 is 2.00 bits per heavy atom. The first-order chi connectivity index (χ1) is 6.61. The number of hydrogen-bond donors (Lipinski definition) is 2. The minimum absolute atomic E-state index is 0. The highest BCUT2D eigenvalue weighted by molar-refractivity contribution is 5.85. The van der Waals surface area contributed by atoms with Crippen molar-refractivity contribution in [2.45, 2.75) is 51.7 Å². The monoisotopic (exact) mass is 238 g/mol. The smallest absolute Gasteiger partial charge is 0.323 e. The van der Waals surface area contributed by atoms with Crippen LogP contribution in [0.15, 0.2) is 0 Å². The fraction of sp³-hybridized carbons (Fsp3) is 0.900. The van der Waals surface area contributed by atoms with Gasteiger partial charge < -0.3 is 16.2 Å². The minimum Gasteiger partial charge on any atom is -0.462 e. The first-order valence-corrected chi connectivity index (χ1v) is 5.28. The highest BCUT2D eigenvalue weighted by Crippen LogP contribution is 2.03. The molecule has 92 valence electrons. The molecule has 0 heterocycles. The van der Waals surface area contributed by atoms with Crippen LogP contribution in [-0.2, 0) is 9.53 Å². The summed E-state index contributed by atoms with van der Waals surface area (Å²) in [6, 6.07) is -0.490. The van der Waals surface area contributed by atoms with E-state index in [-0.39, 0.29) is 24.5 Å². The lowest BCUT2D eigenvalue weighted by Gasteiger charge is -2.15. The Bertz CT molecular complexity index is 168. The molecule has 1 unspecified atom stereocenters. The Morgan fingerprint density at radius 3 is 2.47 bits per heavy atom. The first kappa shape index (κ1) is 17.1. The van der Waals surface area contributed by atoms with Gasteiger partial charge in [0, 0.05) is 0 Å². The third-order valence-electron chi connectivity index (χ3n) is 2.16. The molecule has 0 aromatic carbocycles. The summed E-state index contributed by atoms with van der Waals surface area (Å²) in [5, 5.41) is 0. The standard InChI is InChI=1S/C10H22N2O2.ClH/c1-3-8(2)14-10(13)9(12)6-4-5-7-11;/h8-9H,3-7,11-12H2,1-2H3;1H/t8?,9-;/m0./s1. The van der Waals surface area contributed by atoms with Crippen LogP contribution >= 0.6 is 12.4 Å². The highest BCUT2D eigenvalue weighted by Gasteiger charge is 2.16. The number of carbonyl (C=O) groups is 1. The molecule has 0 aliphatic carbocycles. The van der Waals surface area contributed by atoms with E-state index in [0.717, 1.165) is 19.3 Å². The van der Waals surface area contributed by atoms with Gasteiger partial charge in [-0.3, -0.25) is 4.79 Å². The van der Waals surface area contributed by atoms with Gasteiger partial charge in [0.25, 0.3) is 0 Å². The molecular weight excluding hydrogens is 216 g/mol. The van der Waals surface area contributed by atoms with Gasteiger partial charge in [-0.25, -0.2) is 0 Å². The molecule has 2 atom stereocenters. The molecule has 0 amide bonds. The largest absolute Gasteiger partial charge is 0.462 e. The number of nitrogens with two attached hydrogens (primary N) is 2. The van der Waals surface area contributed by atoms with Crippen LogP contribution in [0.3, 0.4) is 0 Å². The maximum atomic E-state index is 11.3. The molecule has 0 bridgehead atoms. The van der Waals surface area contributed by atoms with E-state index in [0.29, 0.717) is 13.0 Å². The van der Waals surface area contributed by atoms with Crippen molar-refractivity contribution in [2.75, 3.05) is 6.54 Å². The summed E-state index contributed by atoms with van der Waals surface area (Å²) in [5.74, 6) is -0.295. The predicted molar refractivity (Wildman–Crippen MR) is 64.0 cm³/mol. The number of hydrogen-bond acceptors (Lipinski definition) is 4. The van der Waals surface area contributed by atoms with Gasteiger partial charge >= 0.3 is 5.97 Å². The third kappa shape index (κ3) is 8.66. The van der Waals surface area contributed by atoms with E-state index < -0.39 is 6.04 Å². The first-order valence-electron chi connectivity index (χ1n) is 5.28. The Balaban J connectivity index is 0. The van der Waals surface area contributed by atoms with Crippen molar-refractivity contribution in [1.82, 2.24) is 0 Å². The second kappa shape index (κ2) is 10.2. The Kier molecular flexibility index (Phi) is 11.6. The molecule has 0 aliphatic rings. The maximum absolute atomic E-state index is 11.3. The van der Waals surface area contributed by atoms with Crippen molar-refractivity contribution < 1.29 is 9.53 Å². The molecule has 0 aliphatic heterocycles. The lowest BCUT2D eigenvalue weighted by Crippen LogP contribution is -2.34. The molecule has 0 fully saturated rings. The molecule has 4 N–H and O–H groups in total. The van der Waals surface area contributed by atoms with Gasteiger partial charge in [0.1, 0.15) is 6.04 Å². The Morgan fingerprint density at radius 1 is 1.40 bits per heavy atom. The van der Waals surface area contributed by atoms with Crippen LogP contribution in [-0.4, -0.2) is 24.7 Å². The summed E-state index contributed by atoms with van der Waals surface area (Å²) in [6.45, 7) is 4.48. The van der Waals surface area contributed by atoms with Crippen LogP contribution in [0.4, 0.5) is 0 Å². The highest BCUT2D eigenvalue weighted by atomic mass is 35.5. The van der Waals surface area contributed by atoms with Gasteiger partial charge in [-0.2, -0.15) is 0 Å². The van der Waals surface area contributed by atoms with Crippen LogP contribution in [0.1, 0.15) is 39.5 Å².